The number of nitrogens with zero attached hydrogens (tertiary/aromatic N) is 4. The van der Waals surface area contributed by atoms with E-state index < -0.39 is 0 Å². The molecule has 1 unspecified atom stereocenters. The molecule has 4 aromatic rings. The fourth-order valence-corrected chi connectivity index (χ4v) is 4.77. The standard InChI is InChI=1S/C28H26N4O/c1-19-25-26(20-13-17-24(33-2)18-14-20)31(22-15-16-22)27(21-9-5-3-6-10-21)29-28(25)32(30-19)23-11-7-4-8-12-23/h3-14,17-18,22,26H,15-16H2,1-2H3. The van der Waals surface area contributed by atoms with Gasteiger partial charge in [-0.05, 0) is 49.6 Å². The van der Waals surface area contributed by atoms with Crippen LogP contribution in [0, 0.1) is 6.92 Å². The second kappa shape index (κ2) is 7.93. The molecule has 1 aliphatic carbocycles. The quantitative estimate of drug-likeness (QED) is 0.397. The zero-order chi connectivity index (χ0) is 22.4. The van der Waals surface area contributed by atoms with Crippen molar-refractivity contribution in [2.75, 3.05) is 7.11 Å². The summed E-state index contributed by atoms with van der Waals surface area (Å²) in [6, 6.07) is 29.8. The maximum absolute atomic E-state index is 5.43. The fourth-order valence-electron chi connectivity index (χ4n) is 4.77. The lowest BCUT2D eigenvalue weighted by atomic mass is 9.93. The summed E-state index contributed by atoms with van der Waals surface area (Å²) in [5, 5.41) is 4.97. The van der Waals surface area contributed by atoms with Gasteiger partial charge < -0.3 is 9.64 Å². The van der Waals surface area contributed by atoms with Gasteiger partial charge in [0.25, 0.3) is 0 Å². The van der Waals surface area contributed by atoms with Crippen LogP contribution in [0.1, 0.15) is 41.3 Å². The monoisotopic (exact) mass is 434 g/mol. The lowest BCUT2D eigenvalue weighted by Gasteiger charge is -2.38. The van der Waals surface area contributed by atoms with Gasteiger partial charge >= 0.3 is 0 Å². The zero-order valence-electron chi connectivity index (χ0n) is 18.8. The van der Waals surface area contributed by atoms with Crippen molar-refractivity contribution in [3.63, 3.8) is 0 Å². The van der Waals surface area contributed by atoms with Gasteiger partial charge in [0.05, 0.1) is 24.5 Å². The number of para-hydroxylation sites is 1. The summed E-state index contributed by atoms with van der Waals surface area (Å²) in [5.41, 5.74) is 5.56. The first kappa shape index (κ1) is 19.8. The molecule has 1 aliphatic heterocycles. The molecule has 0 saturated heterocycles. The van der Waals surface area contributed by atoms with E-state index in [0.717, 1.165) is 34.3 Å². The lowest BCUT2D eigenvalue weighted by molar-refractivity contribution is 0.341. The van der Waals surface area contributed by atoms with Crippen LogP contribution >= 0.6 is 0 Å². The van der Waals surface area contributed by atoms with Crippen molar-refractivity contribution in [2.45, 2.75) is 31.8 Å². The number of benzene rings is 3. The van der Waals surface area contributed by atoms with E-state index in [2.05, 4.69) is 66.4 Å². The molecular formula is C28H26N4O. The van der Waals surface area contributed by atoms with Gasteiger partial charge in [-0.3, -0.25) is 0 Å². The molecule has 33 heavy (non-hydrogen) atoms. The van der Waals surface area contributed by atoms with Crippen molar-refractivity contribution in [3.8, 4) is 11.4 Å². The predicted octanol–water partition coefficient (Wildman–Crippen LogP) is 5.84. The Morgan fingerprint density at radius 3 is 2.15 bits per heavy atom. The Kier molecular flexibility index (Phi) is 4.75. The molecule has 5 nitrogen and oxygen atoms in total. The van der Waals surface area contributed by atoms with E-state index >= 15 is 0 Å². The Hall–Kier alpha value is -3.86. The SMILES string of the molecule is COc1ccc(C2c3c(C)nn(-c4ccccc4)c3N=C(c3ccccc3)N2C2CC2)cc1. The molecular weight excluding hydrogens is 408 g/mol. The van der Waals surface area contributed by atoms with E-state index in [1.54, 1.807) is 7.11 Å². The molecule has 0 N–H and O–H groups in total. The Bertz CT molecular complexity index is 1310. The molecule has 1 aromatic heterocycles. The summed E-state index contributed by atoms with van der Waals surface area (Å²) in [7, 11) is 1.71. The van der Waals surface area contributed by atoms with Gasteiger partial charge in [-0.15, -0.1) is 0 Å². The van der Waals surface area contributed by atoms with Gasteiger partial charge in [0.15, 0.2) is 5.82 Å². The number of ether oxygens (including phenoxy) is 1. The number of fused-ring (bicyclic) bond motifs is 1. The van der Waals surface area contributed by atoms with Crippen molar-refractivity contribution in [2.24, 2.45) is 4.99 Å². The third kappa shape index (κ3) is 3.41. The second-order valence-electron chi connectivity index (χ2n) is 8.69. The number of aliphatic imine (C=N–C) groups is 1. The highest BCUT2D eigenvalue weighted by molar-refractivity contribution is 6.02. The highest BCUT2D eigenvalue weighted by Gasteiger charge is 2.43. The van der Waals surface area contributed by atoms with Crippen molar-refractivity contribution in [3.05, 3.63) is 107 Å². The number of amidine groups is 1. The predicted molar refractivity (Wildman–Crippen MR) is 131 cm³/mol. The van der Waals surface area contributed by atoms with Crippen LogP contribution in [0.3, 0.4) is 0 Å². The van der Waals surface area contributed by atoms with Gasteiger partial charge in [-0.2, -0.15) is 5.10 Å². The molecule has 2 heterocycles. The van der Waals surface area contributed by atoms with Crippen molar-refractivity contribution >= 4 is 11.7 Å². The minimum atomic E-state index is 0.0450. The number of aryl methyl sites for hydroxylation is 1. The minimum absolute atomic E-state index is 0.0450. The maximum Gasteiger partial charge on any atom is 0.163 e. The van der Waals surface area contributed by atoms with Crippen LogP contribution in [0.15, 0.2) is 89.9 Å². The van der Waals surface area contributed by atoms with Crippen molar-refractivity contribution in [1.82, 2.24) is 14.7 Å². The van der Waals surface area contributed by atoms with Crippen LogP contribution in [0.25, 0.3) is 5.69 Å². The molecule has 164 valence electrons. The van der Waals surface area contributed by atoms with E-state index in [4.69, 9.17) is 14.8 Å². The normalized spacial score (nSPS) is 17.5. The van der Waals surface area contributed by atoms with E-state index in [-0.39, 0.29) is 6.04 Å². The number of aromatic nitrogens is 2. The van der Waals surface area contributed by atoms with E-state index in [9.17, 15) is 0 Å². The Morgan fingerprint density at radius 1 is 0.848 bits per heavy atom. The maximum atomic E-state index is 5.43. The van der Waals surface area contributed by atoms with Gasteiger partial charge in [-0.25, -0.2) is 9.67 Å². The van der Waals surface area contributed by atoms with Crippen LogP contribution in [-0.4, -0.2) is 33.7 Å². The van der Waals surface area contributed by atoms with Crippen LogP contribution in [-0.2, 0) is 0 Å². The number of methoxy groups -OCH3 is 1. The fraction of sp³-hybridized carbons (Fsp3) is 0.214. The first-order chi connectivity index (χ1) is 16.2. The molecule has 1 fully saturated rings. The molecule has 0 bridgehead atoms. The van der Waals surface area contributed by atoms with Crippen molar-refractivity contribution in [1.29, 1.82) is 0 Å². The first-order valence-corrected chi connectivity index (χ1v) is 11.5. The van der Waals surface area contributed by atoms with Gasteiger partial charge in [0, 0.05) is 17.2 Å². The third-order valence-electron chi connectivity index (χ3n) is 6.49. The topological polar surface area (TPSA) is 42.6 Å². The highest BCUT2D eigenvalue weighted by Crippen LogP contribution is 2.47. The van der Waals surface area contributed by atoms with Gasteiger partial charge in [0.1, 0.15) is 11.6 Å². The highest BCUT2D eigenvalue weighted by atomic mass is 16.5. The van der Waals surface area contributed by atoms with Crippen LogP contribution in [0.2, 0.25) is 0 Å². The summed E-state index contributed by atoms with van der Waals surface area (Å²) in [6.07, 6.45) is 2.36. The number of hydrogen-bond acceptors (Lipinski definition) is 4. The number of rotatable bonds is 5. The lowest BCUT2D eigenvalue weighted by Crippen LogP contribution is -2.40. The average Bonchev–Trinajstić information content (AvgIpc) is 3.67. The third-order valence-corrected chi connectivity index (χ3v) is 6.49. The van der Waals surface area contributed by atoms with Crippen LogP contribution < -0.4 is 4.74 Å². The second-order valence-corrected chi connectivity index (χ2v) is 8.69. The molecule has 1 atom stereocenters. The molecule has 3 aromatic carbocycles. The van der Waals surface area contributed by atoms with E-state index in [0.29, 0.717) is 6.04 Å². The molecule has 0 radical (unpaired) electrons. The number of hydrogen-bond donors (Lipinski definition) is 0. The summed E-state index contributed by atoms with van der Waals surface area (Å²) in [6.45, 7) is 2.10. The zero-order valence-corrected chi connectivity index (χ0v) is 18.8. The molecule has 2 aliphatic rings. The Morgan fingerprint density at radius 2 is 1.52 bits per heavy atom. The van der Waals surface area contributed by atoms with E-state index in [1.165, 1.54) is 24.0 Å². The first-order valence-electron chi connectivity index (χ1n) is 11.5. The molecule has 0 spiro atoms. The summed E-state index contributed by atoms with van der Waals surface area (Å²) < 4.78 is 7.43. The van der Waals surface area contributed by atoms with Crippen molar-refractivity contribution < 1.29 is 4.74 Å². The Balaban J connectivity index is 1.61. The Labute approximate surface area is 194 Å². The molecule has 6 rings (SSSR count). The largest absolute Gasteiger partial charge is 0.497 e. The van der Waals surface area contributed by atoms with Gasteiger partial charge in [0.2, 0.25) is 0 Å². The molecule has 0 amide bonds. The molecule has 1 saturated carbocycles. The van der Waals surface area contributed by atoms with Gasteiger partial charge in [-0.1, -0.05) is 60.7 Å². The minimum Gasteiger partial charge on any atom is -0.497 e. The van der Waals surface area contributed by atoms with Crippen LogP contribution in [0.4, 0.5) is 5.82 Å². The average molecular weight is 435 g/mol. The molecule has 5 heteroatoms. The summed E-state index contributed by atoms with van der Waals surface area (Å²) in [5.74, 6) is 2.79. The van der Waals surface area contributed by atoms with Crippen LogP contribution in [0.5, 0.6) is 5.75 Å². The summed E-state index contributed by atoms with van der Waals surface area (Å²) >= 11 is 0. The van der Waals surface area contributed by atoms with E-state index in [1.807, 2.05) is 35.0 Å². The summed E-state index contributed by atoms with van der Waals surface area (Å²) in [4.78, 5) is 7.80. The smallest absolute Gasteiger partial charge is 0.163 e.